The van der Waals surface area contributed by atoms with E-state index in [0.717, 1.165) is 33.4 Å². The van der Waals surface area contributed by atoms with Gasteiger partial charge < -0.3 is 14.2 Å². The van der Waals surface area contributed by atoms with Gasteiger partial charge in [0.1, 0.15) is 19.8 Å². The molecule has 0 saturated carbocycles. The van der Waals surface area contributed by atoms with E-state index in [1.807, 2.05) is 18.2 Å². The number of carbonyl (C=O) groups excluding carboxylic acids is 6. The van der Waals surface area contributed by atoms with Crippen molar-refractivity contribution in [3.63, 3.8) is 0 Å². The SMILES string of the molecule is CCC(COC(=O)OOC(=O)c1cc(C)cc(C)c1)(COC(=O)OOC(=O)c1cc(C)cc(C)c1)COC(=O)OOC(=O)c1cc(C)cc(C)c1. The molecular formula is C36H38O15. The minimum Gasteiger partial charge on any atom is -0.431 e. The van der Waals surface area contributed by atoms with E-state index in [-0.39, 0.29) is 23.1 Å². The normalized spacial score (nSPS) is 10.6. The maximum atomic E-state index is 12.4. The molecule has 15 nitrogen and oxygen atoms in total. The highest BCUT2D eigenvalue weighted by molar-refractivity contribution is 5.91. The predicted molar refractivity (Wildman–Crippen MR) is 174 cm³/mol. The molecule has 0 radical (unpaired) electrons. The van der Waals surface area contributed by atoms with Crippen LogP contribution in [0.1, 0.15) is 77.8 Å². The molecule has 0 unspecified atom stereocenters. The third-order valence-corrected chi connectivity index (χ3v) is 7.17. The summed E-state index contributed by atoms with van der Waals surface area (Å²) in [6, 6.07) is 14.6. The van der Waals surface area contributed by atoms with Crippen LogP contribution in [0, 0.1) is 47.0 Å². The zero-order valence-corrected chi connectivity index (χ0v) is 29.1. The first-order chi connectivity index (χ1) is 24.1. The monoisotopic (exact) mass is 710 g/mol. The lowest BCUT2D eigenvalue weighted by Gasteiger charge is -2.29. The molecule has 0 aliphatic rings. The van der Waals surface area contributed by atoms with Crippen molar-refractivity contribution in [3.8, 4) is 0 Å². The van der Waals surface area contributed by atoms with Gasteiger partial charge in [-0.2, -0.15) is 14.4 Å². The van der Waals surface area contributed by atoms with Crippen LogP contribution in [0.3, 0.4) is 0 Å². The standard InChI is InChI=1S/C36H38O15/c1-8-36(18-43-33(40)49-46-30(37)27-12-21(2)9-22(3)13-27,19-44-34(41)50-47-31(38)28-14-23(4)10-24(5)15-28)20-45-35(42)51-48-32(39)29-16-25(6)11-26(7)17-29/h9-17H,8,18-20H2,1-7H3. The first-order valence-corrected chi connectivity index (χ1v) is 15.5. The topological polar surface area (TPSA) is 185 Å². The van der Waals surface area contributed by atoms with E-state index in [2.05, 4.69) is 29.3 Å². The second kappa shape index (κ2) is 18.0. The number of carbonyl (C=O) groups is 6. The summed E-state index contributed by atoms with van der Waals surface area (Å²) in [7, 11) is 0. The van der Waals surface area contributed by atoms with Gasteiger partial charge in [0.2, 0.25) is 0 Å². The quantitative estimate of drug-likeness (QED) is 0.0904. The molecule has 0 aliphatic heterocycles. The molecule has 0 atom stereocenters. The van der Waals surface area contributed by atoms with Gasteiger partial charge in [0.15, 0.2) is 0 Å². The van der Waals surface area contributed by atoms with Crippen LogP contribution in [0.2, 0.25) is 0 Å². The number of hydrogen-bond donors (Lipinski definition) is 0. The fraction of sp³-hybridized carbons (Fsp3) is 0.333. The van der Waals surface area contributed by atoms with E-state index in [9.17, 15) is 28.8 Å². The molecule has 0 aromatic heterocycles. The van der Waals surface area contributed by atoms with E-state index >= 15 is 0 Å². The molecule has 0 aliphatic carbocycles. The van der Waals surface area contributed by atoms with Gasteiger partial charge in [-0.15, -0.1) is 0 Å². The van der Waals surface area contributed by atoms with Crippen molar-refractivity contribution in [1.29, 1.82) is 0 Å². The predicted octanol–water partition coefficient (Wildman–Crippen LogP) is 7.01. The highest BCUT2D eigenvalue weighted by atomic mass is 17.2. The molecule has 3 aromatic carbocycles. The highest BCUT2D eigenvalue weighted by Gasteiger charge is 2.36. The molecule has 0 N–H and O–H groups in total. The summed E-state index contributed by atoms with van der Waals surface area (Å²) in [4.78, 5) is 101. The molecule has 0 heterocycles. The van der Waals surface area contributed by atoms with Crippen LogP contribution in [0.4, 0.5) is 14.4 Å². The number of benzene rings is 3. The van der Waals surface area contributed by atoms with Crippen LogP contribution in [0.15, 0.2) is 54.6 Å². The zero-order chi connectivity index (χ0) is 37.7. The number of hydrogen-bond acceptors (Lipinski definition) is 15. The van der Waals surface area contributed by atoms with Gasteiger partial charge in [0.05, 0.1) is 22.1 Å². The number of rotatable bonds is 10. The maximum absolute atomic E-state index is 12.4. The Labute approximate surface area is 293 Å². The first-order valence-electron chi connectivity index (χ1n) is 15.5. The summed E-state index contributed by atoms with van der Waals surface area (Å²) in [5, 5.41) is 0. The van der Waals surface area contributed by atoms with Crippen LogP contribution >= 0.6 is 0 Å². The van der Waals surface area contributed by atoms with Crippen molar-refractivity contribution >= 4 is 36.4 Å². The van der Waals surface area contributed by atoms with Gasteiger partial charge in [0.25, 0.3) is 0 Å². The van der Waals surface area contributed by atoms with Crippen LogP contribution in [-0.4, -0.2) is 56.2 Å². The Bertz CT molecular complexity index is 1520. The van der Waals surface area contributed by atoms with Gasteiger partial charge in [0, 0.05) is 0 Å². The van der Waals surface area contributed by atoms with Crippen LogP contribution in [0.5, 0.6) is 0 Å². The maximum Gasteiger partial charge on any atom is 0.549 e. The second-order valence-electron chi connectivity index (χ2n) is 12.0. The summed E-state index contributed by atoms with van der Waals surface area (Å²) >= 11 is 0. The Kier molecular flexibility index (Phi) is 13.9. The van der Waals surface area contributed by atoms with Crippen LogP contribution in [0.25, 0.3) is 0 Å². The minimum absolute atomic E-state index is 0.00785. The van der Waals surface area contributed by atoms with Gasteiger partial charge >= 0.3 is 36.4 Å². The molecule has 0 saturated heterocycles. The largest absolute Gasteiger partial charge is 0.549 e. The summed E-state index contributed by atoms with van der Waals surface area (Å²) in [6.07, 6.45) is -4.37. The fourth-order valence-corrected chi connectivity index (χ4v) is 4.78. The average molecular weight is 711 g/mol. The minimum atomic E-state index is -1.51. The van der Waals surface area contributed by atoms with Crippen molar-refractivity contribution in [1.82, 2.24) is 0 Å². The fourth-order valence-electron chi connectivity index (χ4n) is 4.78. The van der Waals surface area contributed by atoms with Crippen molar-refractivity contribution < 1.29 is 72.3 Å². The summed E-state index contributed by atoms with van der Waals surface area (Å²) in [5.74, 6) is -2.91. The van der Waals surface area contributed by atoms with E-state index in [0.29, 0.717) is 0 Å². The molecule has 0 fully saturated rings. The van der Waals surface area contributed by atoms with Crippen LogP contribution in [-0.2, 0) is 43.5 Å². The molecule has 3 aromatic rings. The molecule has 0 spiro atoms. The Morgan fingerprint density at radius 3 is 0.863 bits per heavy atom. The second-order valence-corrected chi connectivity index (χ2v) is 12.0. The summed E-state index contributed by atoms with van der Waals surface area (Å²) in [6.45, 7) is 10.2. The van der Waals surface area contributed by atoms with Gasteiger partial charge in [-0.3, -0.25) is 0 Å². The smallest absolute Gasteiger partial charge is 0.431 e. The van der Waals surface area contributed by atoms with Gasteiger partial charge in [-0.1, -0.05) is 58.5 Å². The Balaban J connectivity index is 1.62. The van der Waals surface area contributed by atoms with E-state index < -0.39 is 61.6 Å². The van der Waals surface area contributed by atoms with E-state index in [1.165, 1.54) is 36.4 Å². The zero-order valence-electron chi connectivity index (χ0n) is 29.1. The van der Waals surface area contributed by atoms with Crippen molar-refractivity contribution in [2.45, 2.75) is 54.9 Å². The molecule has 15 heteroatoms. The van der Waals surface area contributed by atoms with Crippen molar-refractivity contribution in [2.75, 3.05) is 19.8 Å². The lowest BCUT2D eigenvalue weighted by molar-refractivity contribution is -0.217. The lowest BCUT2D eigenvalue weighted by atomic mass is 9.88. The van der Waals surface area contributed by atoms with E-state index in [4.69, 9.17) is 14.2 Å². The van der Waals surface area contributed by atoms with Crippen molar-refractivity contribution in [2.24, 2.45) is 5.41 Å². The third-order valence-electron chi connectivity index (χ3n) is 7.17. The third kappa shape index (κ3) is 12.7. The highest BCUT2D eigenvalue weighted by Crippen LogP contribution is 2.25. The molecule has 272 valence electrons. The summed E-state index contributed by atoms with van der Waals surface area (Å²) in [5.41, 5.74) is 3.50. The molecule has 51 heavy (non-hydrogen) atoms. The summed E-state index contributed by atoms with van der Waals surface area (Å²) < 4.78 is 15.2. The molecular weight excluding hydrogens is 672 g/mol. The van der Waals surface area contributed by atoms with Gasteiger partial charge in [-0.05, 0) is 84.4 Å². The molecule has 0 bridgehead atoms. The van der Waals surface area contributed by atoms with Crippen LogP contribution < -0.4 is 0 Å². The van der Waals surface area contributed by atoms with E-state index in [1.54, 1.807) is 48.5 Å². The Morgan fingerprint density at radius 2 is 0.647 bits per heavy atom. The molecule has 3 rings (SSSR count). The van der Waals surface area contributed by atoms with Gasteiger partial charge in [-0.25, -0.2) is 43.7 Å². The lowest BCUT2D eigenvalue weighted by Crippen LogP contribution is -2.39. The number of ether oxygens (including phenoxy) is 3. The number of aryl methyl sites for hydroxylation is 6. The molecule has 0 amide bonds. The Morgan fingerprint density at radius 1 is 0.412 bits per heavy atom. The first kappa shape index (κ1) is 39.3. The Hall–Kier alpha value is -6.12. The average Bonchev–Trinajstić information content (AvgIpc) is 3.07. The van der Waals surface area contributed by atoms with Crippen molar-refractivity contribution in [3.05, 3.63) is 105 Å².